The summed E-state index contributed by atoms with van der Waals surface area (Å²) in [5.41, 5.74) is 11.1. The topological polar surface area (TPSA) is 119 Å². The average molecular weight is 393 g/mol. The Kier molecular flexibility index (Phi) is 5.28. The maximum atomic E-state index is 9.79. The molecule has 4 aromatic rings. The second-order valence-corrected chi connectivity index (χ2v) is 6.59. The Labute approximate surface area is 167 Å². The summed E-state index contributed by atoms with van der Waals surface area (Å²) in [6.45, 7) is 2.57. The van der Waals surface area contributed by atoms with Crippen molar-refractivity contribution in [3.63, 3.8) is 0 Å². The monoisotopic (exact) mass is 393 g/mol. The fourth-order valence-corrected chi connectivity index (χ4v) is 3.86. The third-order valence-electron chi connectivity index (χ3n) is 4.90. The number of aliphatic hydroxyl groups is 2. The van der Waals surface area contributed by atoms with E-state index in [0.29, 0.717) is 36.5 Å². The maximum absolute atomic E-state index is 9.79. The lowest BCUT2D eigenvalue weighted by molar-refractivity contribution is 0.278. The number of hydrogen-bond donors (Lipinski definition) is 3. The first-order valence-corrected chi connectivity index (χ1v) is 9.55. The smallest absolute Gasteiger partial charge is 0.243 e. The van der Waals surface area contributed by atoms with Crippen LogP contribution in [0.2, 0.25) is 0 Å². The van der Waals surface area contributed by atoms with Crippen molar-refractivity contribution in [1.82, 2.24) is 19.5 Å². The van der Waals surface area contributed by atoms with E-state index in [-0.39, 0.29) is 19.2 Å². The molecule has 4 rings (SSSR count). The molecule has 3 aromatic heterocycles. The maximum Gasteiger partial charge on any atom is 0.243 e. The van der Waals surface area contributed by atoms with Crippen LogP contribution in [-0.2, 0) is 13.0 Å². The Morgan fingerprint density at radius 3 is 2.52 bits per heavy atom. The third kappa shape index (κ3) is 3.26. The van der Waals surface area contributed by atoms with Gasteiger partial charge in [-0.25, -0.2) is 4.98 Å². The van der Waals surface area contributed by atoms with Gasteiger partial charge in [0.25, 0.3) is 0 Å². The number of nitrogens with two attached hydrogens (primary N) is 1. The number of ether oxygens (including phenoxy) is 1. The number of rotatable bonds is 7. The minimum Gasteiger partial charge on any atom is -0.476 e. The molecule has 0 aliphatic carbocycles. The summed E-state index contributed by atoms with van der Waals surface area (Å²) in [5, 5.41) is 20.4. The molecule has 0 spiro atoms. The zero-order chi connectivity index (χ0) is 20.4. The number of fused-ring (bicyclic) bond motifs is 3. The molecule has 0 saturated carbocycles. The van der Waals surface area contributed by atoms with Gasteiger partial charge >= 0.3 is 0 Å². The molecule has 4 N–H and O–H groups in total. The highest BCUT2D eigenvalue weighted by molar-refractivity contribution is 6.10. The number of aliphatic hydroxyl groups excluding tert-OH is 2. The Balaban J connectivity index is 2.15. The van der Waals surface area contributed by atoms with Gasteiger partial charge < -0.3 is 25.3 Å². The van der Waals surface area contributed by atoms with Crippen LogP contribution in [0, 0.1) is 0 Å². The second kappa shape index (κ2) is 8.02. The van der Waals surface area contributed by atoms with E-state index in [0.717, 1.165) is 27.6 Å². The van der Waals surface area contributed by atoms with Crippen LogP contribution in [0.25, 0.3) is 33.1 Å². The molecule has 8 heteroatoms. The highest BCUT2D eigenvalue weighted by Gasteiger charge is 2.22. The largest absolute Gasteiger partial charge is 0.476 e. The minimum atomic E-state index is -0.0626. The first-order chi connectivity index (χ1) is 14.2. The number of nitrogens with zero attached hydrogens (tertiary/aromatic N) is 4. The summed E-state index contributed by atoms with van der Waals surface area (Å²) in [6, 6.07) is 7.88. The summed E-state index contributed by atoms with van der Waals surface area (Å²) in [6.07, 6.45) is 3.93. The van der Waals surface area contributed by atoms with Gasteiger partial charge in [0.05, 0.1) is 18.7 Å². The van der Waals surface area contributed by atoms with Crippen LogP contribution in [0.5, 0.6) is 5.88 Å². The lowest BCUT2D eigenvalue weighted by Gasteiger charge is -2.14. The zero-order valence-corrected chi connectivity index (χ0v) is 16.2. The van der Waals surface area contributed by atoms with Crippen LogP contribution in [0.3, 0.4) is 0 Å². The van der Waals surface area contributed by atoms with E-state index in [9.17, 15) is 10.2 Å². The summed E-state index contributed by atoms with van der Waals surface area (Å²) in [5.74, 6) is 0.519. The standard InChI is InChI=1S/C21H23N5O3/c1-2-29-20-19-17(24-21(22)25-20)16-4-3-14(13-5-8-23-9-6-13)15(7-11-27)18(16)26(19)10-12-28/h3-6,8-9,27-28H,2,7,10-12H2,1H3,(H2,22,24,25). The normalized spacial score (nSPS) is 11.4. The zero-order valence-electron chi connectivity index (χ0n) is 16.2. The van der Waals surface area contributed by atoms with E-state index in [1.807, 2.05) is 35.8 Å². The molecule has 0 saturated heterocycles. The van der Waals surface area contributed by atoms with Crippen LogP contribution in [0.1, 0.15) is 12.5 Å². The van der Waals surface area contributed by atoms with Gasteiger partial charge in [0.15, 0.2) is 0 Å². The van der Waals surface area contributed by atoms with E-state index in [1.54, 1.807) is 12.4 Å². The second-order valence-electron chi connectivity index (χ2n) is 6.59. The van der Waals surface area contributed by atoms with Crippen molar-refractivity contribution in [2.75, 3.05) is 25.6 Å². The van der Waals surface area contributed by atoms with Crippen molar-refractivity contribution in [2.24, 2.45) is 0 Å². The van der Waals surface area contributed by atoms with E-state index in [4.69, 9.17) is 10.5 Å². The molecule has 0 amide bonds. The van der Waals surface area contributed by atoms with Gasteiger partial charge in [0.2, 0.25) is 11.8 Å². The summed E-state index contributed by atoms with van der Waals surface area (Å²) in [7, 11) is 0. The van der Waals surface area contributed by atoms with Crippen LogP contribution < -0.4 is 10.5 Å². The van der Waals surface area contributed by atoms with Crippen LogP contribution >= 0.6 is 0 Å². The van der Waals surface area contributed by atoms with Crippen molar-refractivity contribution >= 4 is 27.9 Å². The van der Waals surface area contributed by atoms with E-state index < -0.39 is 0 Å². The first kappa shape index (κ1) is 19.1. The molecule has 8 nitrogen and oxygen atoms in total. The molecule has 0 aliphatic rings. The first-order valence-electron chi connectivity index (χ1n) is 9.55. The van der Waals surface area contributed by atoms with Gasteiger partial charge in [-0.05, 0) is 48.2 Å². The quantitative estimate of drug-likeness (QED) is 0.440. The Bertz CT molecular complexity index is 1160. The van der Waals surface area contributed by atoms with Gasteiger partial charge in [0.1, 0.15) is 11.0 Å². The minimum absolute atomic E-state index is 0.00994. The molecule has 29 heavy (non-hydrogen) atoms. The average Bonchev–Trinajstić information content (AvgIpc) is 3.04. The number of nitrogen functional groups attached to an aromatic ring is 1. The van der Waals surface area contributed by atoms with Gasteiger partial charge in [-0.3, -0.25) is 4.98 Å². The molecular formula is C21H23N5O3. The van der Waals surface area contributed by atoms with Gasteiger partial charge in [0, 0.05) is 30.9 Å². The molecule has 0 unspecified atom stereocenters. The molecule has 0 fully saturated rings. The van der Waals surface area contributed by atoms with Gasteiger partial charge in [-0.15, -0.1) is 0 Å². The third-order valence-corrected chi connectivity index (χ3v) is 4.90. The lowest BCUT2D eigenvalue weighted by Crippen LogP contribution is -2.08. The van der Waals surface area contributed by atoms with Crippen LogP contribution in [0.4, 0.5) is 5.95 Å². The van der Waals surface area contributed by atoms with E-state index >= 15 is 0 Å². The molecule has 0 atom stereocenters. The van der Waals surface area contributed by atoms with E-state index in [1.165, 1.54) is 0 Å². The summed E-state index contributed by atoms with van der Waals surface area (Å²) in [4.78, 5) is 12.8. The molecule has 3 heterocycles. The predicted octanol–water partition coefficient (Wildman–Crippen LogP) is 2.15. The molecule has 0 radical (unpaired) electrons. The number of benzene rings is 1. The molecule has 1 aromatic carbocycles. The predicted molar refractivity (Wildman–Crippen MR) is 112 cm³/mol. The number of aromatic nitrogens is 4. The van der Waals surface area contributed by atoms with Crippen molar-refractivity contribution in [3.05, 3.63) is 42.2 Å². The van der Waals surface area contributed by atoms with Crippen molar-refractivity contribution in [2.45, 2.75) is 19.9 Å². The molecule has 150 valence electrons. The van der Waals surface area contributed by atoms with Crippen molar-refractivity contribution < 1.29 is 14.9 Å². The van der Waals surface area contributed by atoms with Gasteiger partial charge in [-0.2, -0.15) is 4.98 Å². The van der Waals surface area contributed by atoms with Crippen LogP contribution in [-0.4, -0.2) is 49.6 Å². The molecule has 0 aliphatic heterocycles. The fraction of sp³-hybridized carbons (Fsp3) is 0.286. The fourth-order valence-electron chi connectivity index (χ4n) is 3.86. The summed E-state index contributed by atoms with van der Waals surface area (Å²) >= 11 is 0. The van der Waals surface area contributed by atoms with Crippen LogP contribution in [0.15, 0.2) is 36.7 Å². The Hall–Kier alpha value is -3.23. The van der Waals surface area contributed by atoms with Crippen molar-refractivity contribution in [3.8, 4) is 17.0 Å². The van der Waals surface area contributed by atoms with E-state index in [2.05, 4.69) is 15.0 Å². The Morgan fingerprint density at radius 1 is 1.03 bits per heavy atom. The lowest BCUT2D eigenvalue weighted by atomic mass is 9.96. The Morgan fingerprint density at radius 2 is 1.83 bits per heavy atom. The highest BCUT2D eigenvalue weighted by Crippen LogP contribution is 2.38. The number of anilines is 1. The van der Waals surface area contributed by atoms with Gasteiger partial charge in [-0.1, -0.05) is 6.07 Å². The number of pyridine rings is 1. The van der Waals surface area contributed by atoms with Crippen molar-refractivity contribution in [1.29, 1.82) is 0 Å². The SMILES string of the molecule is CCOc1nc(N)nc2c3ccc(-c4ccncc4)c(CCO)c3n(CCO)c12. The number of hydrogen-bond acceptors (Lipinski definition) is 7. The molecular weight excluding hydrogens is 370 g/mol. The highest BCUT2D eigenvalue weighted by atomic mass is 16.5. The molecule has 0 bridgehead atoms. The summed E-state index contributed by atoms with van der Waals surface area (Å²) < 4.78 is 7.70.